The van der Waals surface area contributed by atoms with E-state index in [0.717, 1.165) is 6.54 Å². The van der Waals surface area contributed by atoms with Crippen LogP contribution in [0.5, 0.6) is 0 Å². The molecule has 0 aliphatic heterocycles. The van der Waals surface area contributed by atoms with Crippen LogP contribution in [0, 0.1) is 5.41 Å². The van der Waals surface area contributed by atoms with E-state index in [1.807, 2.05) is 0 Å². The first kappa shape index (κ1) is 13.6. The largest absolute Gasteiger partial charge is 0.312 e. The summed E-state index contributed by atoms with van der Waals surface area (Å²) >= 11 is 0. The van der Waals surface area contributed by atoms with Gasteiger partial charge in [-0.3, -0.25) is 0 Å². The van der Waals surface area contributed by atoms with Crippen LogP contribution in [0.3, 0.4) is 0 Å². The van der Waals surface area contributed by atoms with E-state index < -0.39 is 0 Å². The normalized spacial score (nSPS) is 17.8. The van der Waals surface area contributed by atoms with Gasteiger partial charge < -0.3 is 5.32 Å². The SMILES string of the molecule is CCC1(CNCc2ccc(C(C)C)cc2)CCC1. The monoisotopic (exact) mass is 245 g/mol. The lowest BCUT2D eigenvalue weighted by molar-refractivity contribution is 0.124. The first-order valence-corrected chi connectivity index (χ1v) is 7.45. The van der Waals surface area contributed by atoms with Crippen LogP contribution >= 0.6 is 0 Å². The van der Waals surface area contributed by atoms with E-state index in [1.165, 1.54) is 43.4 Å². The highest BCUT2D eigenvalue weighted by Gasteiger charge is 2.34. The van der Waals surface area contributed by atoms with Crippen LogP contribution in [-0.4, -0.2) is 6.54 Å². The molecule has 1 aliphatic rings. The Morgan fingerprint density at radius 1 is 1.17 bits per heavy atom. The Labute approximate surface area is 112 Å². The summed E-state index contributed by atoms with van der Waals surface area (Å²) < 4.78 is 0. The van der Waals surface area contributed by atoms with Crippen molar-refractivity contribution in [3.8, 4) is 0 Å². The third-order valence-corrected chi connectivity index (χ3v) is 4.64. The second-order valence-corrected chi connectivity index (χ2v) is 6.21. The van der Waals surface area contributed by atoms with E-state index in [0.29, 0.717) is 11.3 Å². The second kappa shape index (κ2) is 5.88. The molecule has 0 aromatic heterocycles. The first-order valence-electron chi connectivity index (χ1n) is 7.45. The first-order chi connectivity index (χ1) is 8.65. The van der Waals surface area contributed by atoms with E-state index in [-0.39, 0.29) is 0 Å². The molecule has 0 bridgehead atoms. The number of nitrogens with one attached hydrogen (secondary N) is 1. The molecule has 1 N–H and O–H groups in total. The zero-order valence-electron chi connectivity index (χ0n) is 12.1. The molecular formula is C17H27N. The van der Waals surface area contributed by atoms with Crippen molar-refractivity contribution in [2.45, 2.75) is 58.9 Å². The van der Waals surface area contributed by atoms with Gasteiger partial charge >= 0.3 is 0 Å². The molecular weight excluding hydrogens is 218 g/mol. The predicted octanol–water partition coefficient (Wildman–Crippen LogP) is 4.48. The topological polar surface area (TPSA) is 12.0 Å². The average Bonchev–Trinajstić information content (AvgIpc) is 2.33. The van der Waals surface area contributed by atoms with Gasteiger partial charge in [0.15, 0.2) is 0 Å². The number of hydrogen-bond acceptors (Lipinski definition) is 1. The van der Waals surface area contributed by atoms with Crippen molar-refractivity contribution in [3.63, 3.8) is 0 Å². The van der Waals surface area contributed by atoms with Gasteiger partial charge in [-0.15, -0.1) is 0 Å². The molecule has 18 heavy (non-hydrogen) atoms. The van der Waals surface area contributed by atoms with Crippen molar-refractivity contribution < 1.29 is 0 Å². The molecule has 0 atom stereocenters. The lowest BCUT2D eigenvalue weighted by Gasteiger charge is -2.41. The van der Waals surface area contributed by atoms with Crippen LogP contribution < -0.4 is 5.32 Å². The molecule has 0 spiro atoms. The Morgan fingerprint density at radius 2 is 1.83 bits per heavy atom. The molecule has 1 aromatic rings. The Morgan fingerprint density at radius 3 is 2.28 bits per heavy atom. The molecule has 0 heterocycles. The highest BCUT2D eigenvalue weighted by molar-refractivity contribution is 5.24. The van der Waals surface area contributed by atoms with E-state index in [2.05, 4.69) is 50.4 Å². The molecule has 1 heteroatoms. The molecule has 0 unspecified atom stereocenters. The minimum atomic E-state index is 0.623. The van der Waals surface area contributed by atoms with Gasteiger partial charge in [-0.2, -0.15) is 0 Å². The summed E-state index contributed by atoms with van der Waals surface area (Å²) in [5.74, 6) is 0.630. The predicted molar refractivity (Wildman–Crippen MR) is 78.8 cm³/mol. The van der Waals surface area contributed by atoms with Crippen molar-refractivity contribution in [1.29, 1.82) is 0 Å². The number of rotatable bonds is 6. The highest BCUT2D eigenvalue weighted by atomic mass is 14.9. The fourth-order valence-electron chi connectivity index (χ4n) is 2.82. The van der Waals surface area contributed by atoms with Crippen molar-refractivity contribution in [2.75, 3.05) is 6.54 Å². The molecule has 0 amide bonds. The summed E-state index contributed by atoms with van der Waals surface area (Å²) in [5.41, 5.74) is 3.46. The van der Waals surface area contributed by atoms with Crippen LogP contribution in [0.4, 0.5) is 0 Å². The molecule has 1 nitrogen and oxygen atoms in total. The summed E-state index contributed by atoms with van der Waals surface area (Å²) in [7, 11) is 0. The van der Waals surface area contributed by atoms with Crippen LogP contribution in [0.2, 0.25) is 0 Å². The summed E-state index contributed by atoms with van der Waals surface area (Å²) in [6.07, 6.45) is 5.59. The van der Waals surface area contributed by atoms with Crippen LogP contribution in [0.25, 0.3) is 0 Å². The van der Waals surface area contributed by atoms with Gasteiger partial charge in [-0.25, -0.2) is 0 Å². The third kappa shape index (κ3) is 3.14. The van der Waals surface area contributed by atoms with E-state index in [4.69, 9.17) is 0 Å². The summed E-state index contributed by atoms with van der Waals surface area (Å²) in [4.78, 5) is 0. The lowest BCUT2D eigenvalue weighted by atomic mass is 9.67. The fourth-order valence-corrected chi connectivity index (χ4v) is 2.82. The molecule has 1 saturated carbocycles. The van der Waals surface area contributed by atoms with Gasteiger partial charge in [0, 0.05) is 13.1 Å². The molecule has 1 aromatic carbocycles. The second-order valence-electron chi connectivity index (χ2n) is 6.21. The standard InChI is InChI=1S/C17H27N/c1-4-17(10-5-11-17)13-18-12-15-6-8-16(9-7-15)14(2)3/h6-9,14,18H,4-5,10-13H2,1-3H3. The smallest absolute Gasteiger partial charge is 0.0205 e. The van der Waals surface area contributed by atoms with Crippen molar-refractivity contribution in [1.82, 2.24) is 5.32 Å². The van der Waals surface area contributed by atoms with Gasteiger partial charge in [0.2, 0.25) is 0 Å². The van der Waals surface area contributed by atoms with E-state index in [9.17, 15) is 0 Å². The number of benzene rings is 1. The molecule has 1 aliphatic carbocycles. The van der Waals surface area contributed by atoms with Gasteiger partial charge in [-0.05, 0) is 41.7 Å². The summed E-state index contributed by atoms with van der Waals surface area (Å²) in [6, 6.07) is 9.06. The van der Waals surface area contributed by atoms with Crippen LogP contribution in [0.1, 0.15) is 63.5 Å². The zero-order chi connectivity index (χ0) is 13.0. The minimum Gasteiger partial charge on any atom is -0.312 e. The third-order valence-electron chi connectivity index (χ3n) is 4.64. The van der Waals surface area contributed by atoms with Crippen molar-refractivity contribution in [3.05, 3.63) is 35.4 Å². The molecule has 2 rings (SSSR count). The zero-order valence-corrected chi connectivity index (χ0v) is 12.1. The molecule has 0 radical (unpaired) electrons. The maximum Gasteiger partial charge on any atom is 0.0205 e. The quantitative estimate of drug-likeness (QED) is 0.779. The fraction of sp³-hybridized carbons (Fsp3) is 0.647. The number of hydrogen-bond donors (Lipinski definition) is 1. The Balaban J connectivity index is 1.79. The molecule has 100 valence electrons. The van der Waals surface area contributed by atoms with Gasteiger partial charge in [0.1, 0.15) is 0 Å². The maximum atomic E-state index is 3.64. The Bertz CT molecular complexity index is 354. The average molecular weight is 245 g/mol. The Hall–Kier alpha value is -0.820. The van der Waals surface area contributed by atoms with Crippen molar-refractivity contribution >= 4 is 0 Å². The summed E-state index contributed by atoms with van der Waals surface area (Å²) in [5, 5.41) is 3.64. The summed E-state index contributed by atoms with van der Waals surface area (Å²) in [6.45, 7) is 9.03. The molecule has 0 saturated heterocycles. The van der Waals surface area contributed by atoms with E-state index in [1.54, 1.807) is 0 Å². The maximum absolute atomic E-state index is 3.64. The Kier molecular flexibility index (Phi) is 4.45. The van der Waals surface area contributed by atoms with Gasteiger partial charge in [-0.1, -0.05) is 51.5 Å². The lowest BCUT2D eigenvalue weighted by Crippen LogP contribution is -2.39. The van der Waals surface area contributed by atoms with Crippen molar-refractivity contribution in [2.24, 2.45) is 5.41 Å². The van der Waals surface area contributed by atoms with Gasteiger partial charge in [0.05, 0.1) is 0 Å². The van der Waals surface area contributed by atoms with Crippen LogP contribution in [-0.2, 0) is 6.54 Å². The van der Waals surface area contributed by atoms with Crippen LogP contribution in [0.15, 0.2) is 24.3 Å². The molecule has 1 fully saturated rings. The highest BCUT2D eigenvalue weighted by Crippen LogP contribution is 2.43. The van der Waals surface area contributed by atoms with Gasteiger partial charge in [0.25, 0.3) is 0 Å². The van der Waals surface area contributed by atoms with E-state index >= 15 is 0 Å². The minimum absolute atomic E-state index is 0.623.